The van der Waals surface area contributed by atoms with Gasteiger partial charge in [-0.3, -0.25) is 4.79 Å². The summed E-state index contributed by atoms with van der Waals surface area (Å²) in [5, 5.41) is 5.87. The van der Waals surface area contributed by atoms with E-state index in [0.717, 1.165) is 24.0 Å². The molecule has 2 heterocycles. The average Bonchev–Trinajstić information content (AvgIpc) is 2.69. The average molecular weight is 368 g/mol. The van der Waals surface area contributed by atoms with E-state index in [9.17, 15) is 9.59 Å². The first-order valence-electron chi connectivity index (χ1n) is 9.08. The monoisotopic (exact) mass is 368 g/mol. The molecule has 0 spiro atoms. The van der Waals surface area contributed by atoms with Crippen LogP contribution in [0.4, 0.5) is 10.7 Å². The number of carbonyl (C=O) groups excluding carboxylic acids is 2. The number of carbonyl (C=O) groups is 2. The maximum atomic E-state index is 12.6. The lowest BCUT2D eigenvalue weighted by atomic mass is 10.0. The van der Waals surface area contributed by atoms with Crippen molar-refractivity contribution >= 4 is 17.9 Å². The van der Waals surface area contributed by atoms with Crippen LogP contribution in [0, 0.1) is 0 Å². The third kappa shape index (κ3) is 4.72. The summed E-state index contributed by atoms with van der Waals surface area (Å²) in [4.78, 5) is 34.2. The molecule has 1 fully saturated rings. The van der Waals surface area contributed by atoms with Crippen LogP contribution in [0.15, 0.2) is 36.7 Å². The standard InChI is InChI=1S/C19H24N6O2/c1-2-21-19(27)25-8-6-16(7-9-25)24-17(26)14-5-3-4-13(10-14)15-11-22-18(20)23-12-15/h3-5,10-12,16H,2,6-9H2,1H3,(H,21,27)(H,24,26)(H2,20,22,23). The van der Waals surface area contributed by atoms with E-state index in [4.69, 9.17) is 5.73 Å². The smallest absolute Gasteiger partial charge is 0.317 e. The van der Waals surface area contributed by atoms with Crippen LogP contribution >= 0.6 is 0 Å². The van der Waals surface area contributed by atoms with Gasteiger partial charge in [0.15, 0.2) is 0 Å². The number of likely N-dealkylation sites (tertiary alicyclic amines) is 1. The van der Waals surface area contributed by atoms with Crippen LogP contribution in [-0.4, -0.2) is 52.5 Å². The van der Waals surface area contributed by atoms with Crippen molar-refractivity contribution in [3.63, 3.8) is 0 Å². The van der Waals surface area contributed by atoms with E-state index < -0.39 is 0 Å². The van der Waals surface area contributed by atoms with Gasteiger partial charge >= 0.3 is 6.03 Å². The van der Waals surface area contributed by atoms with Gasteiger partial charge in [-0.05, 0) is 37.5 Å². The molecule has 8 heteroatoms. The first-order chi connectivity index (χ1) is 13.1. The zero-order valence-electron chi connectivity index (χ0n) is 15.3. The van der Waals surface area contributed by atoms with Gasteiger partial charge in [0.2, 0.25) is 5.95 Å². The van der Waals surface area contributed by atoms with Crippen molar-refractivity contribution in [2.45, 2.75) is 25.8 Å². The van der Waals surface area contributed by atoms with Crippen molar-refractivity contribution in [3.05, 3.63) is 42.2 Å². The molecule has 0 aliphatic carbocycles. The van der Waals surface area contributed by atoms with Gasteiger partial charge in [0.25, 0.3) is 5.91 Å². The van der Waals surface area contributed by atoms with Gasteiger partial charge in [0.1, 0.15) is 0 Å². The van der Waals surface area contributed by atoms with E-state index in [2.05, 4.69) is 20.6 Å². The zero-order chi connectivity index (χ0) is 19.2. The number of nitrogens with zero attached hydrogens (tertiary/aromatic N) is 3. The van der Waals surface area contributed by atoms with Crippen molar-refractivity contribution in [3.8, 4) is 11.1 Å². The summed E-state index contributed by atoms with van der Waals surface area (Å²) in [5.41, 5.74) is 7.75. The normalized spacial score (nSPS) is 14.6. The highest BCUT2D eigenvalue weighted by atomic mass is 16.2. The molecule has 1 aliphatic rings. The minimum atomic E-state index is -0.121. The number of nitrogens with two attached hydrogens (primary N) is 1. The van der Waals surface area contributed by atoms with Crippen molar-refractivity contribution in [2.75, 3.05) is 25.4 Å². The lowest BCUT2D eigenvalue weighted by molar-refractivity contribution is 0.0918. The number of piperidine rings is 1. The maximum absolute atomic E-state index is 12.6. The molecule has 1 aromatic heterocycles. The molecule has 0 saturated carbocycles. The lowest BCUT2D eigenvalue weighted by Crippen LogP contribution is -2.49. The highest BCUT2D eigenvalue weighted by Gasteiger charge is 2.23. The maximum Gasteiger partial charge on any atom is 0.317 e. The molecule has 1 saturated heterocycles. The quantitative estimate of drug-likeness (QED) is 0.759. The van der Waals surface area contributed by atoms with Crippen molar-refractivity contribution in [1.82, 2.24) is 25.5 Å². The van der Waals surface area contributed by atoms with Gasteiger partial charge in [-0.1, -0.05) is 12.1 Å². The molecule has 1 aliphatic heterocycles. The van der Waals surface area contributed by atoms with Crippen LogP contribution in [0.5, 0.6) is 0 Å². The summed E-state index contributed by atoms with van der Waals surface area (Å²) in [7, 11) is 0. The summed E-state index contributed by atoms with van der Waals surface area (Å²) in [6.07, 6.45) is 4.76. The molecule has 27 heavy (non-hydrogen) atoms. The highest BCUT2D eigenvalue weighted by Crippen LogP contribution is 2.19. The molecule has 2 aromatic rings. The van der Waals surface area contributed by atoms with Crippen LogP contribution in [0.2, 0.25) is 0 Å². The molecular weight excluding hydrogens is 344 g/mol. The Morgan fingerprint density at radius 1 is 1.19 bits per heavy atom. The molecular formula is C19H24N6O2. The molecule has 8 nitrogen and oxygen atoms in total. The Labute approximate surface area is 158 Å². The van der Waals surface area contributed by atoms with Gasteiger partial charge in [-0.15, -0.1) is 0 Å². The van der Waals surface area contributed by atoms with Crippen LogP contribution in [0.25, 0.3) is 11.1 Å². The number of anilines is 1. The second kappa shape index (κ2) is 8.48. The Bertz CT molecular complexity index is 800. The lowest BCUT2D eigenvalue weighted by Gasteiger charge is -2.32. The number of hydrogen-bond acceptors (Lipinski definition) is 5. The summed E-state index contributed by atoms with van der Waals surface area (Å²) in [6.45, 7) is 3.79. The van der Waals surface area contributed by atoms with Gasteiger partial charge in [-0.25, -0.2) is 14.8 Å². The molecule has 0 bridgehead atoms. The Morgan fingerprint density at radius 2 is 1.89 bits per heavy atom. The van der Waals surface area contributed by atoms with Gasteiger partial charge in [-0.2, -0.15) is 0 Å². The fourth-order valence-corrected chi connectivity index (χ4v) is 3.09. The van der Waals surface area contributed by atoms with E-state index >= 15 is 0 Å². The topological polar surface area (TPSA) is 113 Å². The minimum Gasteiger partial charge on any atom is -0.368 e. The van der Waals surface area contributed by atoms with Crippen molar-refractivity contribution < 1.29 is 9.59 Å². The number of nitrogen functional groups attached to an aromatic ring is 1. The predicted octanol–water partition coefficient (Wildman–Crippen LogP) is 1.65. The fraction of sp³-hybridized carbons (Fsp3) is 0.368. The number of hydrogen-bond donors (Lipinski definition) is 3. The van der Waals surface area contributed by atoms with Gasteiger partial charge in [0.05, 0.1) is 0 Å². The number of rotatable bonds is 4. The molecule has 3 amide bonds. The molecule has 4 N–H and O–H groups in total. The van der Waals surface area contributed by atoms with Crippen LogP contribution < -0.4 is 16.4 Å². The third-order valence-electron chi connectivity index (χ3n) is 4.58. The Kier molecular flexibility index (Phi) is 5.85. The van der Waals surface area contributed by atoms with E-state index in [1.54, 1.807) is 23.4 Å². The molecule has 3 rings (SSSR count). The van der Waals surface area contributed by atoms with E-state index in [-0.39, 0.29) is 23.9 Å². The number of benzene rings is 1. The number of amides is 3. The van der Waals surface area contributed by atoms with Crippen molar-refractivity contribution in [2.24, 2.45) is 0 Å². The van der Waals surface area contributed by atoms with E-state index in [1.807, 2.05) is 25.1 Å². The fourth-order valence-electron chi connectivity index (χ4n) is 3.09. The number of nitrogens with one attached hydrogen (secondary N) is 2. The summed E-state index contributed by atoms with van der Waals surface area (Å²) in [6, 6.07) is 7.34. The van der Waals surface area contributed by atoms with Crippen LogP contribution in [-0.2, 0) is 0 Å². The molecule has 0 radical (unpaired) electrons. The van der Waals surface area contributed by atoms with Crippen molar-refractivity contribution in [1.29, 1.82) is 0 Å². The summed E-state index contributed by atoms with van der Waals surface area (Å²) < 4.78 is 0. The Balaban J connectivity index is 1.60. The highest BCUT2D eigenvalue weighted by molar-refractivity contribution is 5.95. The number of urea groups is 1. The Morgan fingerprint density at radius 3 is 2.56 bits per heavy atom. The second-order valence-electron chi connectivity index (χ2n) is 6.48. The zero-order valence-corrected chi connectivity index (χ0v) is 15.3. The molecule has 1 aromatic carbocycles. The SMILES string of the molecule is CCNC(=O)N1CCC(NC(=O)c2cccc(-c3cnc(N)nc3)c2)CC1. The molecule has 0 unspecified atom stereocenters. The second-order valence-corrected chi connectivity index (χ2v) is 6.48. The predicted molar refractivity (Wildman–Crippen MR) is 103 cm³/mol. The van der Waals surface area contributed by atoms with Crippen LogP contribution in [0.3, 0.4) is 0 Å². The third-order valence-corrected chi connectivity index (χ3v) is 4.58. The van der Waals surface area contributed by atoms with Gasteiger partial charge in [0, 0.05) is 49.2 Å². The molecule has 142 valence electrons. The largest absolute Gasteiger partial charge is 0.368 e. The summed E-state index contributed by atoms with van der Waals surface area (Å²) >= 11 is 0. The van der Waals surface area contributed by atoms with E-state index in [0.29, 0.717) is 25.2 Å². The van der Waals surface area contributed by atoms with Gasteiger partial charge < -0.3 is 21.3 Å². The first-order valence-corrected chi connectivity index (χ1v) is 9.08. The molecule has 0 atom stereocenters. The van der Waals surface area contributed by atoms with E-state index in [1.165, 1.54) is 0 Å². The first kappa shape index (κ1) is 18.6. The Hall–Kier alpha value is -3.16. The number of aromatic nitrogens is 2. The minimum absolute atomic E-state index is 0.0410. The van der Waals surface area contributed by atoms with Crippen LogP contribution in [0.1, 0.15) is 30.1 Å². The summed E-state index contributed by atoms with van der Waals surface area (Å²) in [5.74, 6) is 0.0938.